The smallest absolute Gasteiger partial charge is 0.269 e. The van der Waals surface area contributed by atoms with Gasteiger partial charge in [0, 0.05) is 60.7 Å². The highest BCUT2D eigenvalue weighted by atomic mass is 16.6. The van der Waals surface area contributed by atoms with E-state index in [1.54, 1.807) is 26.1 Å². The van der Waals surface area contributed by atoms with Gasteiger partial charge in [0.25, 0.3) is 5.69 Å². The Balaban J connectivity index is 1.44. The molecule has 9 nitrogen and oxygen atoms in total. The molecule has 2 aliphatic rings. The number of carbonyl (C=O) groups excluding carboxylic acids is 2. The normalized spacial score (nSPS) is 19.9. The Labute approximate surface area is 229 Å². The number of hydrogen-bond acceptors (Lipinski definition) is 6. The van der Waals surface area contributed by atoms with Crippen molar-refractivity contribution in [3.8, 4) is 0 Å². The first-order valence-corrected chi connectivity index (χ1v) is 13.5. The van der Waals surface area contributed by atoms with Crippen molar-refractivity contribution in [2.24, 2.45) is 0 Å². The van der Waals surface area contributed by atoms with Crippen LogP contribution in [0.1, 0.15) is 56.1 Å². The number of dihydropyridines is 1. The third-order valence-electron chi connectivity index (χ3n) is 7.63. The largest absolute Gasteiger partial charge is 0.362 e. The average Bonchev–Trinajstić information content (AvgIpc) is 2.95. The van der Waals surface area contributed by atoms with Gasteiger partial charge >= 0.3 is 0 Å². The minimum Gasteiger partial charge on any atom is -0.362 e. The summed E-state index contributed by atoms with van der Waals surface area (Å²) in [4.78, 5) is 39.6. The van der Waals surface area contributed by atoms with E-state index in [1.807, 2.05) is 13.0 Å². The zero-order chi connectivity index (χ0) is 27.9. The third kappa shape index (κ3) is 6.54. The lowest BCUT2D eigenvalue weighted by molar-refractivity contribution is -0.384. The summed E-state index contributed by atoms with van der Waals surface area (Å²) in [6, 6.07) is 16.7. The number of rotatable bonds is 9. The Morgan fingerprint density at radius 1 is 1.00 bits per heavy atom. The molecule has 39 heavy (non-hydrogen) atoms. The van der Waals surface area contributed by atoms with E-state index in [-0.39, 0.29) is 17.5 Å². The van der Waals surface area contributed by atoms with Crippen molar-refractivity contribution in [2.45, 2.75) is 44.9 Å². The van der Waals surface area contributed by atoms with Crippen LogP contribution in [0, 0.1) is 10.1 Å². The number of allylic oxidation sites excluding steroid dienone is 2. The summed E-state index contributed by atoms with van der Waals surface area (Å²) in [6.45, 7) is 7.10. The number of likely N-dealkylation sites (N-methyl/N-ethyl adjacent to an activating group) is 1. The molecule has 2 atom stereocenters. The Kier molecular flexibility index (Phi) is 9.14. The maximum atomic E-state index is 13.5. The first-order chi connectivity index (χ1) is 18.8. The van der Waals surface area contributed by atoms with Gasteiger partial charge in [-0.3, -0.25) is 19.7 Å². The fraction of sp³-hybridized carbons (Fsp3) is 0.400. The fourth-order valence-corrected chi connectivity index (χ4v) is 5.71. The van der Waals surface area contributed by atoms with Crippen molar-refractivity contribution in [1.82, 2.24) is 20.9 Å². The van der Waals surface area contributed by atoms with E-state index in [1.165, 1.54) is 24.1 Å². The highest BCUT2D eigenvalue weighted by Gasteiger charge is 2.36. The molecule has 2 heterocycles. The molecule has 206 valence electrons. The molecule has 1 saturated heterocycles. The average molecular weight is 532 g/mol. The molecule has 2 aliphatic heterocycles. The zero-order valence-electron chi connectivity index (χ0n) is 22.8. The Bertz CT molecular complexity index is 1270. The first kappa shape index (κ1) is 28.0. The maximum Gasteiger partial charge on any atom is 0.269 e. The van der Waals surface area contributed by atoms with Crippen molar-refractivity contribution in [3.63, 3.8) is 0 Å². The topological polar surface area (TPSA) is 117 Å². The molecule has 2 unspecified atom stereocenters. The molecule has 4 rings (SSSR count). The first-order valence-electron chi connectivity index (χ1n) is 13.5. The second kappa shape index (κ2) is 12.7. The van der Waals surface area contributed by atoms with E-state index >= 15 is 0 Å². The van der Waals surface area contributed by atoms with Crippen LogP contribution in [0.2, 0.25) is 0 Å². The van der Waals surface area contributed by atoms with Crippen molar-refractivity contribution in [3.05, 3.63) is 98.4 Å². The summed E-state index contributed by atoms with van der Waals surface area (Å²) < 4.78 is 0. The number of nitro benzene ring substituents is 1. The van der Waals surface area contributed by atoms with Gasteiger partial charge in [-0.15, -0.1) is 0 Å². The predicted octanol–water partition coefficient (Wildman–Crippen LogP) is 3.96. The molecule has 0 aliphatic carbocycles. The molecule has 1 fully saturated rings. The van der Waals surface area contributed by atoms with Gasteiger partial charge in [-0.1, -0.05) is 42.5 Å². The van der Waals surface area contributed by atoms with Crippen LogP contribution in [0.4, 0.5) is 5.69 Å². The number of nitro groups is 1. The molecule has 2 aromatic rings. The van der Waals surface area contributed by atoms with Gasteiger partial charge in [0.05, 0.1) is 4.92 Å². The number of carbonyl (C=O) groups is 2. The van der Waals surface area contributed by atoms with Crippen LogP contribution < -0.4 is 16.0 Å². The lowest BCUT2D eigenvalue weighted by Crippen LogP contribution is -2.39. The monoisotopic (exact) mass is 531 g/mol. The van der Waals surface area contributed by atoms with Crippen molar-refractivity contribution >= 4 is 17.5 Å². The van der Waals surface area contributed by atoms with Crippen LogP contribution in [0.3, 0.4) is 0 Å². The summed E-state index contributed by atoms with van der Waals surface area (Å²) in [7, 11) is 1.55. The van der Waals surface area contributed by atoms with Gasteiger partial charge in [-0.05, 0) is 63.2 Å². The number of nitrogens with zero attached hydrogens (tertiary/aromatic N) is 2. The fourth-order valence-electron chi connectivity index (χ4n) is 5.71. The molecular formula is C30H37N5O4. The number of non-ortho nitro benzene ring substituents is 1. The van der Waals surface area contributed by atoms with E-state index in [9.17, 15) is 19.7 Å². The lowest BCUT2D eigenvalue weighted by atomic mass is 9.79. The number of amides is 2. The molecule has 0 radical (unpaired) electrons. The summed E-state index contributed by atoms with van der Waals surface area (Å²) in [5.74, 6) is -0.672. The minimum atomic E-state index is -0.652. The van der Waals surface area contributed by atoms with Gasteiger partial charge in [0.2, 0.25) is 11.8 Å². The summed E-state index contributed by atoms with van der Waals surface area (Å²) in [6.07, 6.45) is 3.17. The SMILES string of the molecule is CNC(=O)C1=C(C)NC(C)=C(C(=O)NCCCN2CCCC(c3ccccc3)C2)C1c1ccc([N+](=O)[O-])cc1. The third-order valence-corrected chi connectivity index (χ3v) is 7.63. The van der Waals surface area contributed by atoms with E-state index in [0.717, 1.165) is 32.5 Å². The van der Waals surface area contributed by atoms with Gasteiger partial charge in [-0.25, -0.2) is 0 Å². The molecule has 9 heteroatoms. The standard InChI is InChI=1S/C30H37N5O4/c1-20-26(29(36)31-3)28(23-12-14-25(15-13-23)35(38)39)27(21(2)33-20)30(37)32-16-8-18-34-17-7-11-24(19-34)22-9-5-4-6-10-22/h4-6,9-10,12-15,24,28,33H,7-8,11,16-19H2,1-3H3,(H,31,36)(H,32,37). The van der Waals surface area contributed by atoms with Gasteiger partial charge in [0.15, 0.2) is 0 Å². The summed E-state index contributed by atoms with van der Waals surface area (Å²) in [5, 5.41) is 20.1. The number of nitrogens with one attached hydrogen (secondary N) is 3. The van der Waals surface area contributed by atoms with Crippen LogP contribution in [-0.2, 0) is 9.59 Å². The molecular weight excluding hydrogens is 494 g/mol. The molecule has 2 amide bonds. The van der Waals surface area contributed by atoms with Gasteiger partial charge < -0.3 is 20.9 Å². The zero-order valence-corrected chi connectivity index (χ0v) is 22.8. The van der Waals surface area contributed by atoms with E-state index in [2.05, 4.69) is 45.1 Å². The van der Waals surface area contributed by atoms with Gasteiger partial charge in [-0.2, -0.15) is 0 Å². The molecule has 0 saturated carbocycles. The quantitative estimate of drug-likeness (QED) is 0.256. The van der Waals surface area contributed by atoms with Crippen LogP contribution >= 0.6 is 0 Å². The van der Waals surface area contributed by atoms with Crippen LogP contribution in [0.25, 0.3) is 0 Å². The molecule has 0 bridgehead atoms. The highest BCUT2D eigenvalue weighted by molar-refractivity contribution is 6.03. The van der Waals surface area contributed by atoms with Crippen LogP contribution in [-0.4, -0.2) is 54.9 Å². The second-order valence-corrected chi connectivity index (χ2v) is 10.2. The molecule has 2 aromatic carbocycles. The van der Waals surface area contributed by atoms with Crippen LogP contribution in [0.5, 0.6) is 0 Å². The van der Waals surface area contributed by atoms with Crippen molar-refractivity contribution in [2.75, 3.05) is 33.2 Å². The number of likely N-dealkylation sites (tertiary alicyclic amines) is 1. The van der Waals surface area contributed by atoms with Crippen LogP contribution in [0.15, 0.2) is 77.1 Å². The predicted molar refractivity (Wildman–Crippen MR) is 151 cm³/mol. The molecule has 0 aromatic heterocycles. The molecule has 3 N–H and O–H groups in total. The second-order valence-electron chi connectivity index (χ2n) is 10.2. The minimum absolute atomic E-state index is 0.0474. The Morgan fingerprint density at radius 2 is 1.67 bits per heavy atom. The summed E-state index contributed by atoms with van der Waals surface area (Å²) >= 11 is 0. The lowest BCUT2D eigenvalue weighted by Gasteiger charge is -2.33. The van der Waals surface area contributed by atoms with E-state index in [0.29, 0.717) is 40.6 Å². The summed E-state index contributed by atoms with van der Waals surface area (Å²) in [5.41, 5.74) is 4.14. The highest BCUT2D eigenvalue weighted by Crippen LogP contribution is 2.38. The van der Waals surface area contributed by atoms with Crippen molar-refractivity contribution < 1.29 is 14.5 Å². The number of benzene rings is 2. The Morgan fingerprint density at radius 3 is 2.31 bits per heavy atom. The number of hydrogen-bond donors (Lipinski definition) is 3. The number of piperidine rings is 1. The van der Waals surface area contributed by atoms with Crippen molar-refractivity contribution in [1.29, 1.82) is 0 Å². The Hall–Kier alpha value is -3.98. The van der Waals surface area contributed by atoms with E-state index in [4.69, 9.17) is 0 Å². The maximum absolute atomic E-state index is 13.5. The van der Waals surface area contributed by atoms with E-state index < -0.39 is 10.8 Å². The molecule has 0 spiro atoms. The van der Waals surface area contributed by atoms with Gasteiger partial charge in [0.1, 0.15) is 0 Å².